The summed E-state index contributed by atoms with van der Waals surface area (Å²) in [4.78, 5) is 14.5. The minimum atomic E-state index is -0.299. The first kappa shape index (κ1) is 18.9. The summed E-state index contributed by atoms with van der Waals surface area (Å²) in [6.45, 7) is 3.45. The van der Waals surface area contributed by atoms with Gasteiger partial charge in [-0.1, -0.05) is 30.3 Å². The monoisotopic (exact) mass is 358 g/mol. The van der Waals surface area contributed by atoms with Crippen molar-refractivity contribution in [1.82, 2.24) is 5.32 Å². The lowest BCUT2D eigenvalue weighted by atomic mass is 10.2. The summed E-state index contributed by atoms with van der Waals surface area (Å²) in [5.74, 6) is 0.204. The van der Waals surface area contributed by atoms with Gasteiger partial charge >= 0.3 is 0 Å². The fourth-order valence-corrected chi connectivity index (χ4v) is 2.63. The van der Waals surface area contributed by atoms with Crippen LogP contribution in [0.4, 0.5) is 5.69 Å². The molecule has 132 valence electrons. The van der Waals surface area contributed by atoms with Gasteiger partial charge in [-0.3, -0.25) is 10.1 Å². The van der Waals surface area contributed by atoms with E-state index < -0.39 is 0 Å². The highest BCUT2D eigenvalue weighted by molar-refractivity contribution is 7.80. The molecular weight excluding hydrogens is 336 g/mol. The van der Waals surface area contributed by atoms with E-state index in [4.69, 9.17) is 21.7 Å². The first-order chi connectivity index (χ1) is 12.2. The Morgan fingerprint density at radius 1 is 1.08 bits per heavy atom. The Balaban J connectivity index is 2.09. The van der Waals surface area contributed by atoms with E-state index >= 15 is 0 Å². The van der Waals surface area contributed by atoms with Crippen molar-refractivity contribution in [3.63, 3.8) is 0 Å². The van der Waals surface area contributed by atoms with Gasteiger partial charge < -0.3 is 14.4 Å². The predicted octanol–water partition coefficient (Wildman–Crippen LogP) is 3.25. The summed E-state index contributed by atoms with van der Waals surface area (Å²) in [5, 5.41) is 3.14. The molecule has 2 aromatic rings. The second-order valence-corrected chi connectivity index (χ2v) is 5.56. The number of anilines is 1. The topological polar surface area (TPSA) is 50.8 Å². The number of nitrogens with zero attached hydrogens (tertiary/aromatic N) is 1. The van der Waals surface area contributed by atoms with Crippen LogP contribution >= 0.6 is 12.2 Å². The van der Waals surface area contributed by atoms with Gasteiger partial charge in [-0.2, -0.15) is 0 Å². The number of thiocarbonyl (C=S) groups is 1. The van der Waals surface area contributed by atoms with Gasteiger partial charge in [0.15, 0.2) is 5.11 Å². The van der Waals surface area contributed by atoms with E-state index in [0.717, 1.165) is 5.69 Å². The summed E-state index contributed by atoms with van der Waals surface area (Å²) in [5.41, 5.74) is 1.37. The van der Waals surface area contributed by atoms with Crippen LogP contribution < -0.4 is 15.0 Å². The number of nitrogens with one attached hydrogen (secondary N) is 1. The molecule has 0 heterocycles. The molecule has 0 aliphatic heterocycles. The number of ether oxygens (including phenoxy) is 2. The largest absolute Gasteiger partial charge is 0.490 e. The average molecular weight is 358 g/mol. The number of carbonyl (C=O) groups is 1. The Hall–Kier alpha value is -2.44. The van der Waals surface area contributed by atoms with E-state index in [1.807, 2.05) is 48.2 Å². The predicted molar refractivity (Wildman–Crippen MR) is 103 cm³/mol. The van der Waals surface area contributed by atoms with Crippen molar-refractivity contribution in [2.24, 2.45) is 0 Å². The Bertz CT molecular complexity index is 707. The fourth-order valence-electron chi connectivity index (χ4n) is 2.30. The molecular formula is C19H22N2O3S. The normalized spacial score (nSPS) is 10.2. The Morgan fingerprint density at radius 3 is 2.44 bits per heavy atom. The van der Waals surface area contributed by atoms with Gasteiger partial charge in [0.1, 0.15) is 12.4 Å². The van der Waals surface area contributed by atoms with Gasteiger partial charge in [0.25, 0.3) is 5.91 Å². The Labute approximate surface area is 153 Å². The summed E-state index contributed by atoms with van der Waals surface area (Å²) < 4.78 is 10.6. The summed E-state index contributed by atoms with van der Waals surface area (Å²) >= 11 is 5.42. The second kappa shape index (κ2) is 9.76. The van der Waals surface area contributed by atoms with Crippen LogP contribution in [0.5, 0.6) is 5.75 Å². The van der Waals surface area contributed by atoms with Crippen molar-refractivity contribution in [3.8, 4) is 5.75 Å². The summed E-state index contributed by atoms with van der Waals surface area (Å²) in [7, 11) is 1.60. The Kier molecular flexibility index (Phi) is 7.37. The number of benzene rings is 2. The van der Waals surface area contributed by atoms with E-state index in [0.29, 0.717) is 36.2 Å². The van der Waals surface area contributed by atoms with E-state index in [1.165, 1.54) is 0 Å². The number of methoxy groups -OCH3 is 1. The third-order valence-electron chi connectivity index (χ3n) is 3.53. The van der Waals surface area contributed by atoms with E-state index in [-0.39, 0.29) is 5.91 Å². The van der Waals surface area contributed by atoms with Gasteiger partial charge in [-0.05, 0) is 43.4 Å². The van der Waals surface area contributed by atoms with Crippen LogP contribution in [-0.4, -0.2) is 37.9 Å². The molecule has 1 amide bonds. The summed E-state index contributed by atoms with van der Waals surface area (Å²) in [6.07, 6.45) is 0. The maximum absolute atomic E-state index is 12.6. The molecule has 0 aliphatic carbocycles. The molecule has 0 aliphatic rings. The number of hydrogen-bond donors (Lipinski definition) is 1. The molecule has 25 heavy (non-hydrogen) atoms. The molecule has 2 rings (SSSR count). The van der Waals surface area contributed by atoms with Crippen molar-refractivity contribution in [3.05, 3.63) is 60.2 Å². The van der Waals surface area contributed by atoms with Crippen LogP contribution in [0.3, 0.4) is 0 Å². The van der Waals surface area contributed by atoms with Gasteiger partial charge in [-0.15, -0.1) is 0 Å². The standard InChI is InChI=1S/C19H22N2O3S/c1-3-21(15-9-5-4-6-10-15)19(25)20-18(22)16-11-7-8-12-17(16)24-14-13-23-2/h4-12H,3,13-14H2,1-2H3,(H,20,22,25). The van der Waals surface area contributed by atoms with Crippen LogP contribution in [0, 0.1) is 0 Å². The van der Waals surface area contributed by atoms with Crippen LogP contribution in [0.15, 0.2) is 54.6 Å². The first-order valence-electron chi connectivity index (χ1n) is 8.06. The lowest BCUT2D eigenvalue weighted by Crippen LogP contribution is -2.42. The maximum Gasteiger partial charge on any atom is 0.261 e. The van der Waals surface area contributed by atoms with Crippen molar-refractivity contribution < 1.29 is 14.3 Å². The highest BCUT2D eigenvalue weighted by atomic mass is 32.1. The van der Waals surface area contributed by atoms with Crippen LogP contribution in [0.1, 0.15) is 17.3 Å². The molecule has 5 nitrogen and oxygen atoms in total. The molecule has 1 N–H and O–H groups in total. The molecule has 6 heteroatoms. The fraction of sp³-hybridized carbons (Fsp3) is 0.263. The first-order valence-corrected chi connectivity index (χ1v) is 8.46. The van der Waals surface area contributed by atoms with Crippen molar-refractivity contribution >= 4 is 28.9 Å². The van der Waals surface area contributed by atoms with Gasteiger partial charge in [0.05, 0.1) is 12.2 Å². The molecule has 0 unspecified atom stereocenters. The van der Waals surface area contributed by atoms with Crippen LogP contribution in [0.25, 0.3) is 0 Å². The second-order valence-electron chi connectivity index (χ2n) is 5.18. The SMILES string of the molecule is CCN(C(=S)NC(=O)c1ccccc1OCCOC)c1ccccc1. The van der Waals surface area contributed by atoms with E-state index in [2.05, 4.69) is 5.32 Å². The molecule has 0 saturated heterocycles. The highest BCUT2D eigenvalue weighted by Gasteiger charge is 2.17. The van der Waals surface area contributed by atoms with Gasteiger partial charge in [0, 0.05) is 19.3 Å². The van der Waals surface area contributed by atoms with Gasteiger partial charge in [-0.25, -0.2) is 0 Å². The number of rotatable bonds is 7. The summed E-state index contributed by atoms with van der Waals surface area (Å²) in [6, 6.07) is 16.8. The minimum Gasteiger partial charge on any atom is -0.490 e. The quantitative estimate of drug-likeness (QED) is 0.608. The number of para-hydroxylation sites is 2. The maximum atomic E-state index is 12.6. The molecule has 0 atom stereocenters. The molecule has 0 aromatic heterocycles. The lowest BCUT2D eigenvalue weighted by Gasteiger charge is -2.24. The molecule has 0 fully saturated rings. The molecule has 0 spiro atoms. The van der Waals surface area contributed by atoms with Crippen molar-refractivity contribution in [1.29, 1.82) is 0 Å². The number of amides is 1. The lowest BCUT2D eigenvalue weighted by molar-refractivity contribution is 0.0969. The smallest absolute Gasteiger partial charge is 0.261 e. The molecule has 0 bridgehead atoms. The number of hydrogen-bond acceptors (Lipinski definition) is 4. The third-order valence-corrected chi connectivity index (χ3v) is 3.85. The average Bonchev–Trinajstić information content (AvgIpc) is 2.64. The van der Waals surface area contributed by atoms with Crippen molar-refractivity contribution in [2.75, 3.05) is 31.8 Å². The van der Waals surface area contributed by atoms with E-state index in [9.17, 15) is 4.79 Å². The molecule has 2 aromatic carbocycles. The third kappa shape index (κ3) is 5.27. The minimum absolute atomic E-state index is 0.299. The molecule has 0 radical (unpaired) electrons. The van der Waals surface area contributed by atoms with Crippen molar-refractivity contribution in [2.45, 2.75) is 6.92 Å². The zero-order valence-corrected chi connectivity index (χ0v) is 15.2. The molecule has 0 saturated carbocycles. The zero-order chi connectivity index (χ0) is 18.1. The van der Waals surface area contributed by atoms with Gasteiger partial charge in [0.2, 0.25) is 0 Å². The van der Waals surface area contributed by atoms with E-state index in [1.54, 1.807) is 25.3 Å². The highest BCUT2D eigenvalue weighted by Crippen LogP contribution is 2.18. The number of carbonyl (C=O) groups excluding carboxylic acids is 1. The zero-order valence-electron chi connectivity index (χ0n) is 14.4. The Morgan fingerprint density at radius 2 is 1.76 bits per heavy atom. The van der Waals surface area contributed by atoms with Crippen LogP contribution in [-0.2, 0) is 4.74 Å². The van der Waals surface area contributed by atoms with Crippen LogP contribution in [0.2, 0.25) is 0 Å².